The molecule has 0 bridgehead atoms. The van der Waals surface area contributed by atoms with Gasteiger partial charge in [-0.05, 0) is 19.1 Å². The second-order valence-corrected chi connectivity index (χ2v) is 3.78. The van der Waals surface area contributed by atoms with Gasteiger partial charge in [-0.15, -0.1) is 0 Å². The molecule has 0 spiro atoms. The van der Waals surface area contributed by atoms with Gasteiger partial charge in [-0.3, -0.25) is 0 Å². The predicted octanol–water partition coefficient (Wildman–Crippen LogP) is 0.917. The van der Waals surface area contributed by atoms with E-state index in [1.54, 1.807) is 6.92 Å². The van der Waals surface area contributed by atoms with Crippen LogP contribution in [0.25, 0.3) is 0 Å². The van der Waals surface area contributed by atoms with Crippen molar-refractivity contribution in [2.75, 3.05) is 6.61 Å². The van der Waals surface area contributed by atoms with E-state index in [4.69, 9.17) is 0 Å². The van der Waals surface area contributed by atoms with Crippen molar-refractivity contribution in [3.05, 3.63) is 23.9 Å². The topological polar surface area (TPSA) is 73.3 Å². The predicted molar refractivity (Wildman–Crippen MR) is 48.5 cm³/mol. The number of carbonyl (C=O) groups excluding carboxylic acids is 1. The summed E-state index contributed by atoms with van der Waals surface area (Å²) in [6.07, 6.45) is 1.08. The van der Waals surface area contributed by atoms with Crippen LogP contribution in [0, 0.1) is 0 Å². The van der Waals surface area contributed by atoms with Gasteiger partial charge in [0.25, 0.3) is 0 Å². The normalized spacial score (nSPS) is 11.1. The summed E-state index contributed by atoms with van der Waals surface area (Å²) in [4.78, 5) is 14.5. The summed E-state index contributed by atoms with van der Waals surface area (Å²) in [5, 5.41) is -0.913. The van der Waals surface area contributed by atoms with Crippen LogP contribution in [-0.2, 0) is 15.0 Å². The number of hydrogen-bond donors (Lipinski definition) is 0. The zero-order chi connectivity index (χ0) is 11.5. The summed E-state index contributed by atoms with van der Waals surface area (Å²) >= 11 is 0. The lowest BCUT2D eigenvalue weighted by atomic mass is 10.3. The highest BCUT2D eigenvalue weighted by molar-refractivity contribution is 7.86. The molecule has 0 atom stereocenters. The fourth-order valence-corrected chi connectivity index (χ4v) is 1.55. The van der Waals surface area contributed by atoms with Gasteiger partial charge in [0.05, 0.1) is 12.2 Å². The van der Waals surface area contributed by atoms with Crippen molar-refractivity contribution in [2.45, 2.75) is 11.9 Å². The maximum Gasteiger partial charge on any atom is 0.350 e. The average Bonchev–Trinajstić information content (AvgIpc) is 2.17. The van der Waals surface area contributed by atoms with Crippen LogP contribution in [0.1, 0.15) is 17.3 Å². The van der Waals surface area contributed by atoms with Crippen molar-refractivity contribution in [3.8, 4) is 0 Å². The molecule has 0 saturated heterocycles. The molecule has 0 unspecified atom stereocenters. The molecule has 7 heteroatoms. The second-order valence-electron chi connectivity index (χ2n) is 2.51. The molecular formula is C8H8FNO4S. The summed E-state index contributed by atoms with van der Waals surface area (Å²) in [6, 6.07) is 2.46. The van der Waals surface area contributed by atoms with Gasteiger partial charge in [-0.2, -0.15) is 8.42 Å². The van der Waals surface area contributed by atoms with Gasteiger partial charge in [-0.25, -0.2) is 9.78 Å². The van der Waals surface area contributed by atoms with Crippen molar-refractivity contribution in [1.82, 2.24) is 4.98 Å². The first-order valence-electron chi connectivity index (χ1n) is 4.03. The molecule has 1 aromatic rings. The fraction of sp³-hybridized carbons (Fsp3) is 0.250. The summed E-state index contributed by atoms with van der Waals surface area (Å²) in [5.74, 6) is -0.915. The SMILES string of the molecule is CCOC(=O)c1cccnc1S(=O)(=O)F. The number of halogens is 1. The molecule has 0 aliphatic heterocycles. The number of pyridine rings is 1. The Balaban J connectivity index is 3.25. The molecule has 0 aliphatic carbocycles. The molecule has 1 aromatic heterocycles. The van der Waals surface area contributed by atoms with E-state index in [-0.39, 0.29) is 6.61 Å². The molecule has 0 fully saturated rings. The Bertz CT molecular complexity index is 471. The van der Waals surface area contributed by atoms with Crippen LogP contribution in [0.3, 0.4) is 0 Å². The second kappa shape index (κ2) is 4.35. The van der Waals surface area contributed by atoms with Crippen LogP contribution < -0.4 is 0 Å². The Kier molecular flexibility index (Phi) is 3.35. The van der Waals surface area contributed by atoms with Crippen LogP contribution >= 0.6 is 0 Å². The third kappa shape index (κ3) is 2.72. The van der Waals surface area contributed by atoms with Gasteiger partial charge in [0, 0.05) is 6.20 Å². The fourth-order valence-electron chi connectivity index (χ4n) is 0.949. The standard InChI is InChI=1S/C8H8FNO4S/c1-2-14-8(11)6-4-3-5-10-7(6)15(9,12)13/h3-5H,2H2,1H3. The van der Waals surface area contributed by atoms with Crippen molar-refractivity contribution in [2.24, 2.45) is 0 Å². The molecule has 1 heterocycles. The molecule has 82 valence electrons. The van der Waals surface area contributed by atoms with E-state index >= 15 is 0 Å². The first-order chi connectivity index (χ1) is 6.96. The maximum atomic E-state index is 12.7. The Morgan fingerprint density at radius 3 is 2.80 bits per heavy atom. The summed E-state index contributed by atoms with van der Waals surface area (Å²) in [7, 11) is -5.01. The largest absolute Gasteiger partial charge is 0.462 e. The minimum absolute atomic E-state index is 0.0689. The Morgan fingerprint density at radius 1 is 1.60 bits per heavy atom. The smallest absolute Gasteiger partial charge is 0.350 e. The van der Waals surface area contributed by atoms with Gasteiger partial charge in [0.1, 0.15) is 0 Å². The number of ether oxygens (including phenoxy) is 1. The van der Waals surface area contributed by atoms with E-state index in [0.29, 0.717) is 0 Å². The third-order valence-corrected chi connectivity index (χ3v) is 2.28. The first-order valence-corrected chi connectivity index (χ1v) is 5.42. The minimum Gasteiger partial charge on any atom is -0.462 e. The summed E-state index contributed by atoms with van der Waals surface area (Å²) in [5.41, 5.74) is -0.401. The number of nitrogens with zero attached hydrogens (tertiary/aromatic N) is 1. The van der Waals surface area contributed by atoms with Crippen molar-refractivity contribution in [1.29, 1.82) is 0 Å². The van der Waals surface area contributed by atoms with Crippen LogP contribution in [-0.4, -0.2) is 26.0 Å². The van der Waals surface area contributed by atoms with Gasteiger partial charge < -0.3 is 4.74 Å². The zero-order valence-corrected chi connectivity index (χ0v) is 8.62. The molecule has 0 radical (unpaired) electrons. The number of carbonyl (C=O) groups is 1. The molecule has 0 saturated carbocycles. The molecule has 0 aliphatic rings. The molecule has 0 aromatic carbocycles. The highest BCUT2D eigenvalue weighted by atomic mass is 32.3. The van der Waals surface area contributed by atoms with Gasteiger partial charge >= 0.3 is 16.2 Å². The van der Waals surface area contributed by atoms with E-state index in [9.17, 15) is 17.1 Å². The van der Waals surface area contributed by atoms with E-state index in [2.05, 4.69) is 9.72 Å². The average molecular weight is 233 g/mol. The number of hydrogen-bond acceptors (Lipinski definition) is 5. The molecule has 0 amide bonds. The third-order valence-electron chi connectivity index (χ3n) is 1.50. The highest BCUT2D eigenvalue weighted by Gasteiger charge is 2.23. The molecule has 5 nitrogen and oxygen atoms in total. The highest BCUT2D eigenvalue weighted by Crippen LogP contribution is 2.15. The van der Waals surface area contributed by atoms with E-state index in [0.717, 1.165) is 12.3 Å². The Labute approximate surface area is 86.1 Å². The molecular weight excluding hydrogens is 225 g/mol. The number of rotatable bonds is 3. The first kappa shape index (κ1) is 11.6. The lowest BCUT2D eigenvalue weighted by Gasteiger charge is -2.03. The van der Waals surface area contributed by atoms with Crippen molar-refractivity contribution < 1.29 is 21.8 Å². The number of esters is 1. The van der Waals surface area contributed by atoms with E-state index < -0.39 is 26.8 Å². The van der Waals surface area contributed by atoms with Crippen molar-refractivity contribution in [3.63, 3.8) is 0 Å². The summed E-state index contributed by atoms with van der Waals surface area (Å²) < 4.78 is 38.5. The lowest BCUT2D eigenvalue weighted by Crippen LogP contribution is -2.11. The lowest BCUT2D eigenvalue weighted by molar-refractivity contribution is 0.0520. The van der Waals surface area contributed by atoms with Crippen LogP contribution in [0.15, 0.2) is 23.4 Å². The Morgan fingerprint density at radius 2 is 2.27 bits per heavy atom. The zero-order valence-electron chi connectivity index (χ0n) is 7.81. The number of aromatic nitrogens is 1. The molecule has 1 rings (SSSR count). The maximum absolute atomic E-state index is 12.7. The molecule has 15 heavy (non-hydrogen) atoms. The summed E-state index contributed by atoms with van der Waals surface area (Å²) in [6.45, 7) is 1.62. The minimum atomic E-state index is -5.01. The Hall–Kier alpha value is -1.50. The van der Waals surface area contributed by atoms with Crippen LogP contribution in [0.4, 0.5) is 3.89 Å². The quantitative estimate of drug-likeness (QED) is 0.573. The van der Waals surface area contributed by atoms with Gasteiger partial charge in [-0.1, -0.05) is 3.89 Å². The van der Waals surface area contributed by atoms with Crippen LogP contribution in [0.2, 0.25) is 0 Å². The van der Waals surface area contributed by atoms with Crippen molar-refractivity contribution >= 4 is 16.2 Å². The van der Waals surface area contributed by atoms with Gasteiger partial charge in [0.2, 0.25) is 5.03 Å². The molecule has 0 N–H and O–H groups in total. The van der Waals surface area contributed by atoms with E-state index in [1.165, 1.54) is 6.07 Å². The monoisotopic (exact) mass is 233 g/mol. The van der Waals surface area contributed by atoms with Crippen LogP contribution in [0.5, 0.6) is 0 Å². The van der Waals surface area contributed by atoms with E-state index in [1.807, 2.05) is 0 Å². The van der Waals surface area contributed by atoms with Gasteiger partial charge in [0.15, 0.2) is 0 Å².